The van der Waals surface area contributed by atoms with Gasteiger partial charge in [0.1, 0.15) is 5.58 Å². The minimum atomic E-state index is -0.292. The van der Waals surface area contributed by atoms with Crippen LogP contribution in [0.2, 0.25) is 0 Å². The first-order valence-electron chi connectivity index (χ1n) is 8.46. The number of fused-ring (bicyclic) bond motifs is 1. The van der Waals surface area contributed by atoms with E-state index in [-0.39, 0.29) is 11.7 Å². The number of benzene rings is 2. The fraction of sp³-hybridized carbons (Fsp3) is 0.158. The zero-order valence-corrected chi connectivity index (χ0v) is 13.8. The van der Waals surface area contributed by atoms with Crippen molar-refractivity contribution in [1.29, 1.82) is 0 Å². The lowest BCUT2D eigenvalue weighted by atomic mass is 10.2. The van der Waals surface area contributed by atoms with E-state index in [1.165, 1.54) is 0 Å². The highest BCUT2D eigenvalue weighted by Crippen LogP contribution is 2.36. The molecule has 2 aromatic heterocycles. The predicted octanol–water partition coefficient (Wildman–Crippen LogP) is 3.67. The van der Waals surface area contributed by atoms with E-state index in [4.69, 9.17) is 4.42 Å². The molecule has 128 valence electrons. The number of furan rings is 1. The van der Waals surface area contributed by atoms with Crippen molar-refractivity contribution in [2.45, 2.75) is 18.9 Å². The molecular formula is C19H15N5O2. The SMILES string of the molecule is O=C(Nc1cccc(-c2nnnn2C2CC2)c1)c1cc2ccccc2o1. The first-order chi connectivity index (χ1) is 12.8. The minimum absolute atomic E-state index is 0.277. The monoisotopic (exact) mass is 345 g/mol. The van der Waals surface area contributed by atoms with E-state index in [1.54, 1.807) is 6.07 Å². The van der Waals surface area contributed by atoms with Crippen molar-refractivity contribution in [2.75, 3.05) is 5.32 Å². The number of anilines is 1. The second kappa shape index (κ2) is 5.80. The smallest absolute Gasteiger partial charge is 0.291 e. The molecule has 7 nitrogen and oxygen atoms in total. The van der Waals surface area contributed by atoms with Crippen LogP contribution in [0.1, 0.15) is 29.4 Å². The summed E-state index contributed by atoms with van der Waals surface area (Å²) in [5.74, 6) is 0.701. The molecule has 1 saturated carbocycles. The predicted molar refractivity (Wildman–Crippen MR) is 95.7 cm³/mol. The zero-order valence-electron chi connectivity index (χ0n) is 13.8. The number of nitrogens with one attached hydrogen (secondary N) is 1. The normalized spacial score (nSPS) is 13.8. The highest BCUT2D eigenvalue weighted by Gasteiger charge is 2.28. The van der Waals surface area contributed by atoms with Gasteiger partial charge in [-0.2, -0.15) is 0 Å². The maximum absolute atomic E-state index is 12.5. The molecule has 1 N–H and O–H groups in total. The van der Waals surface area contributed by atoms with Crippen molar-refractivity contribution in [3.05, 3.63) is 60.4 Å². The topological polar surface area (TPSA) is 85.8 Å². The highest BCUT2D eigenvalue weighted by molar-refractivity contribution is 6.04. The molecule has 2 heterocycles. The molecule has 2 aromatic carbocycles. The summed E-state index contributed by atoms with van der Waals surface area (Å²) in [7, 11) is 0. The Hall–Kier alpha value is -3.48. The fourth-order valence-corrected chi connectivity index (χ4v) is 2.97. The fourth-order valence-electron chi connectivity index (χ4n) is 2.97. The van der Waals surface area contributed by atoms with E-state index in [0.717, 1.165) is 23.8 Å². The number of aromatic nitrogens is 4. The van der Waals surface area contributed by atoms with Crippen LogP contribution in [-0.2, 0) is 0 Å². The summed E-state index contributed by atoms with van der Waals surface area (Å²) in [5.41, 5.74) is 2.22. The van der Waals surface area contributed by atoms with Crippen molar-refractivity contribution in [2.24, 2.45) is 0 Å². The second-order valence-corrected chi connectivity index (χ2v) is 6.36. The molecular weight excluding hydrogens is 330 g/mol. The van der Waals surface area contributed by atoms with Gasteiger partial charge in [0.25, 0.3) is 5.91 Å². The Labute approximate surface area is 148 Å². The van der Waals surface area contributed by atoms with Crippen molar-refractivity contribution < 1.29 is 9.21 Å². The summed E-state index contributed by atoms with van der Waals surface area (Å²) in [6.07, 6.45) is 2.20. The van der Waals surface area contributed by atoms with Gasteiger partial charge in [0.05, 0.1) is 6.04 Å². The number of carbonyl (C=O) groups excluding carboxylic acids is 1. The van der Waals surface area contributed by atoms with E-state index in [2.05, 4.69) is 20.8 Å². The molecule has 0 spiro atoms. The molecule has 1 aliphatic carbocycles. The maximum atomic E-state index is 12.5. The molecule has 0 bridgehead atoms. The Morgan fingerprint density at radius 3 is 2.85 bits per heavy atom. The van der Waals surface area contributed by atoms with Crippen molar-refractivity contribution in [3.63, 3.8) is 0 Å². The van der Waals surface area contributed by atoms with Gasteiger partial charge in [0, 0.05) is 16.6 Å². The number of tetrazole rings is 1. The number of para-hydroxylation sites is 1. The van der Waals surface area contributed by atoms with Crippen LogP contribution in [0.25, 0.3) is 22.4 Å². The van der Waals surface area contributed by atoms with Crippen LogP contribution in [0.3, 0.4) is 0 Å². The number of hydrogen-bond acceptors (Lipinski definition) is 5. The van der Waals surface area contributed by atoms with E-state index in [9.17, 15) is 4.79 Å². The van der Waals surface area contributed by atoms with Gasteiger partial charge in [-0.3, -0.25) is 4.79 Å². The van der Waals surface area contributed by atoms with Gasteiger partial charge in [-0.05, 0) is 47.5 Å². The Balaban J connectivity index is 1.42. The Bertz CT molecular complexity index is 1080. The summed E-state index contributed by atoms with van der Waals surface area (Å²) >= 11 is 0. The van der Waals surface area contributed by atoms with E-state index in [0.29, 0.717) is 23.1 Å². The number of hydrogen-bond donors (Lipinski definition) is 1. The van der Waals surface area contributed by atoms with Gasteiger partial charge in [0.2, 0.25) is 0 Å². The summed E-state index contributed by atoms with van der Waals surface area (Å²) < 4.78 is 7.46. The molecule has 0 unspecified atom stereocenters. The lowest BCUT2D eigenvalue weighted by molar-refractivity contribution is 0.0998. The van der Waals surface area contributed by atoms with Gasteiger partial charge in [0.15, 0.2) is 11.6 Å². The van der Waals surface area contributed by atoms with Crippen molar-refractivity contribution >= 4 is 22.6 Å². The first-order valence-corrected chi connectivity index (χ1v) is 8.46. The standard InChI is InChI=1S/C19H15N5O2/c25-19(17-11-12-4-1-2-7-16(12)26-17)20-14-6-3-5-13(10-14)18-21-22-23-24(18)15-8-9-15/h1-7,10-11,15H,8-9H2,(H,20,25). The maximum Gasteiger partial charge on any atom is 0.291 e. The highest BCUT2D eigenvalue weighted by atomic mass is 16.3. The molecule has 1 aliphatic rings. The average molecular weight is 345 g/mol. The van der Waals surface area contributed by atoms with Crippen LogP contribution in [0.5, 0.6) is 0 Å². The molecule has 0 atom stereocenters. The van der Waals surface area contributed by atoms with Crippen LogP contribution in [-0.4, -0.2) is 26.1 Å². The molecule has 1 amide bonds. The molecule has 4 aromatic rings. The molecule has 1 fully saturated rings. The number of carbonyl (C=O) groups is 1. The van der Waals surface area contributed by atoms with Crippen molar-refractivity contribution in [3.8, 4) is 11.4 Å². The van der Waals surface area contributed by atoms with E-state index < -0.39 is 0 Å². The third kappa shape index (κ3) is 2.63. The second-order valence-electron chi connectivity index (χ2n) is 6.36. The summed E-state index contributed by atoms with van der Waals surface area (Å²) in [5, 5.41) is 15.8. The van der Waals surface area contributed by atoms with E-state index in [1.807, 2.05) is 53.2 Å². The lowest BCUT2D eigenvalue weighted by Gasteiger charge is -2.06. The van der Waals surface area contributed by atoms with Crippen LogP contribution < -0.4 is 5.32 Å². The van der Waals surface area contributed by atoms with Gasteiger partial charge < -0.3 is 9.73 Å². The number of rotatable bonds is 4. The van der Waals surface area contributed by atoms with Crippen LogP contribution in [0.4, 0.5) is 5.69 Å². The largest absolute Gasteiger partial charge is 0.451 e. The number of amides is 1. The number of nitrogens with zero attached hydrogens (tertiary/aromatic N) is 4. The zero-order chi connectivity index (χ0) is 17.5. The molecule has 26 heavy (non-hydrogen) atoms. The summed E-state index contributed by atoms with van der Waals surface area (Å²) in [4.78, 5) is 12.5. The third-order valence-corrected chi connectivity index (χ3v) is 4.41. The Morgan fingerprint density at radius 1 is 1.12 bits per heavy atom. The van der Waals surface area contributed by atoms with Gasteiger partial charge in [-0.25, -0.2) is 4.68 Å². The summed E-state index contributed by atoms with van der Waals surface area (Å²) in [6.45, 7) is 0. The van der Waals surface area contributed by atoms with Gasteiger partial charge in [-0.15, -0.1) is 5.10 Å². The Morgan fingerprint density at radius 2 is 2.00 bits per heavy atom. The van der Waals surface area contributed by atoms with Crippen LogP contribution in [0.15, 0.2) is 59.0 Å². The molecule has 0 radical (unpaired) electrons. The van der Waals surface area contributed by atoms with Gasteiger partial charge >= 0.3 is 0 Å². The minimum Gasteiger partial charge on any atom is -0.451 e. The molecule has 5 rings (SSSR count). The summed E-state index contributed by atoms with van der Waals surface area (Å²) in [6, 6.07) is 17.2. The first kappa shape index (κ1) is 14.8. The van der Waals surface area contributed by atoms with Crippen molar-refractivity contribution in [1.82, 2.24) is 20.2 Å². The molecule has 0 aliphatic heterocycles. The lowest BCUT2D eigenvalue weighted by Crippen LogP contribution is -2.11. The average Bonchev–Trinajstić information content (AvgIpc) is 3.22. The van der Waals surface area contributed by atoms with Gasteiger partial charge in [-0.1, -0.05) is 30.3 Å². The van der Waals surface area contributed by atoms with E-state index >= 15 is 0 Å². The molecule has 7 heteroatoms. The third-order valence-electron chi connectivity index (χ3n) is 4.41. The molecule has 0 saturated heterocycles. The van der Waals surface area contributed by atoms with Crippen LogP contribution >= 0.6 is 0 Å². The Kier molecular flexibility index (Phi) is 3.31. The quantitative estimate of drug-likeness (QED) is 0.610. The van der Waals surface area contributed by atoms with Crippen LogP contribution in [0, 0.1) is 0 Å².